The number of hydrogen-bond donors (Lipinski definition) is 0. The van der Waals surface area contributed by atoms with E-state index in [0.717, 1.165) is 12.8 Å². The Morgan fingerprint density at radius 3 is 2.95 bits per heavy atom. The zero-order valence-corrected chi connectivity index (χ0v) is 12.4. The molecule has 0 amide bonds. The molecule has 0 saturated carbocycles. The maximum absolute atomic E-state index is 13.1. The van der Waals surface area contributed by atoms with Crippen molar-refractivity contribution < 1.29 is 17.5 Å². The Morgan fingerprint density at radius 2 is 2.25 bits per heavy atom. The molecule has 1 aromatic carbocycles. The zero-order valence-electron chi connectivity index (χ0n) is 11.6. The van der Waals surface area contributed by atoms with Crippen molar-refractivity contribution in [2.45, 2.75) is 18.6 Å². The topological polar surface area (TPSA) is 46.6 Å². The van der Waals surface area contributed by atoms with Crippen LogP contribution >= 0.6 is 0 Å². The molecule has 1 unspecified atom stereocenters. The van der Waals surface area contributed by atoms with Gasteiger partial charge in [0.2, 0.25) is 10.0 Å². The molecule has 20 heavy (non-hydrogen) atoms. The van der Waals surface area contributed by atoms with Crippen molar-refractivity contribution in [3.8, 4) is 0 Å². The second-order valence-electron chi connectivity index (χ2n) is 5.21. The monoisotopic (exact) mass is 301 g/mol. The van der Waals surface area contributed by atoms with Crippen molar-refractivity contribution in [3.05, 3.63) is 35.6 Å². The quantitative estimate of drug-likeness (QED) is 0.836. The highest BCUT2D eigenvalue weighted by Gasteiger charge is 2.28. The molecule has 1 atom stereocenters. The van der Waals surface area contributed by atoms with E-state index in [0.29, 0.717) is 25.3 Å². The van der Waals surface area contributed by atoms with Crippen molar-refractivity contribution in [2.75, 3.05) is 26.8 Å². The van der Waals surface area contributed by atoms with Gasteiger partial charge in [0.15, 0.2) is 0 Å². The predicted octanol–water partition coefficient (Wildman–Crippen LogP) is 2.01. The first-order chi connectivity index (χ1) is 9.51. The Bertz CT molecular complexity index is 545. The maximum Gasteiger partial charge on any atom is 0.218 e. The Morgan fingerprint density at radius 1 is 1.45 bits per heavy atom. The Balaban J connectivity index is 2.06. The first-order valence-corrected chi connectivity index (χ1v) is 8.33. The normalized spacial score (nSPS) is 21.0. The number of halogens is 1. The molecular formula is C14H20FNO3S. The summed E-state index contributed by atoms with van der Waals surface area (Å²) in [7, 11) is -1.77. The van der Waals surface area contributed by atoms with Crippen LogP contribution in [0.15, 0.2) is 24.3 Å². The molecule has 0 bridgehead atoms. The zero-order chi connectivity index (χ0) is 14.6. The largest absolute Gasteiger partial charge is 0.384 e. The summed E-state index contributed by atoms with van der Waals surface area (Å²) in [6.07, 6.45) is 1.83. The third-order valence-electron chi connectivity index (χ3n) is 3.52. The van der Waals surface area contributed by atoms with Crippen LogP contribution in [0.4, 0.5) is 4.39 Å². The van der Waals surface area contributed by atoms with E-state index in [2.05, 4.69) is 0 Å². The molecule has 0 aliphatic carbocycles. The second kappa shape index (κ2) is 6.65. The van der Waals surface area contributed by atoms with Gasteiger partial charge in [-0.1, -0.05) is 12.1 Å². The van der Waals surface area contributed by atoms with Gasteiger partial charge in [-0.3, -0.25) is 0 Å². The summed E-state index contributed by atoms with van der Waals surface area (Å²) in [5, 5.41) is 0. The van der Waals surface area contributed by atoms with E-state index in [-0.39, 0.29) is 11.7 Å². The molecule has 2 rings (SSSR count). The summed E-state index contributed by atoms with van der Waals surface area (Å²) in [6.45, 7) is 1.61. The fourth-order valence-corrected chi connectivity index (χ4v) is 4.21. The Kier molecular flexibility index (Phi) is 5.12. The standard InChI is InChI=1S/C14H20FNO3S/c1-19-10-13-5-3-7-16(9-13)20(17,18)11-12-4-2-6-14(15)8-12/h2,4,6,8,13H,3,5,7,9-11H2,1H3. The number of methoxy groups -OCH3 is 1. The third kappa shape index (κ3) is 4.01. The highest BCUT2D eigenvalue weighted by Crippen LogP contribution is 2.21. The molecule has 1 aromatic rings. The minimum atomic E-state index is -3.39. The number of ether oxygens (including phenoxy) is 1. The first-order valence-electron chi connectivity index (χ1n) is 6.72. The second-order valence-corrected chi connectivity index (χ2v) is 7.18. The van der Waals surface area contributed by atoms with Crippen molar-refractivity contribution >= 4 is 10.0 Å². The lowest BCUT2D eigenvalue weighted by Gasteiger charge is -2.31. The lowest BCUT2D eigenvalue weighted by atomic mass is 10.0. The van der Waals surface area contributed by atoms with Crippen LogP contribution in [-0.2, 0) is 20.5 Å². The fraction of sp³-hybridized carbons (Fsp3) is 0.571. The summed E-state index contributed by atoms with van der Waals surface area (Å²) in [4.78, 5) is 0. The molecule has 1 fully saturated rings. The molecule has 1 heterocycles. The highest BCUT2D eigenvalue weighted by molar-refractivity contribution is 7.88. The van der Waals surface area contributed by atoms with Crippen molar-refractivity contribution in [1.29, 1.82) is 0 Å². The van der Waals surface area contributed by atoms with E-state index in [1.807, 2.05) is 0 Å². The van der Waals surface area contributed by atoms with Crippen LogP contribution in [0.3, 0.4) is 0 Å². The van der Waals surface area contributed by atoms with Crippen LogP contribution in [0, 0.1) is 11.7 Å². The molecule has 0 radical (unpaired) electrons. The van der Waals surface area contributed by atoms with Gasteiger partial charge < -0.3 is 4.74 Å². The maximum atomic E-state index is 13.1. The molecule has 112 valence electrons. The molecular weight excluding hydrogens is 281 g/mol. The van der Waals surface area contributed by atoms with Gasteiger partial charge in [0.25, 0.3) is 0 Å². The van der Waals surface area contributed by atoms with Gasteiger partial charge >= 0.3 is 0 Å². The summed E-state index contributed by atoms with van der Waals surface area (Å²) < 4.78 is 44.5. The summed E-state index contributed by atoms with van der Waals surface area (Å²) in [6, 6.07) is 5.75. The number of sulfonamides is 1. The molecule has 6 heteroatoms. The number of nitrogens with zero attached hydrogens (tertiary/aromatic N) is 1. The van der Waals surface area contributed by atoms with E-state index < -0.39 is 15.8 Å². The molecule has 1 aliphatic heterocycles. The van der Waals surface area contributed by atoms with Crippen LogP contribution in [0.5, 0.6) is 0 Å². The van der Waals surface area contributed by atoms with Crippen LogP contribution < -0.4 is 0 Å². The minimum Gasteiger partial charge on any atom is -0.384 e. The van der Waals surface area contributed by atoms with Crippen LogP contribution in [0.2, 0.25) is 0 Å². The van der Waals surface area contributed by atoms with Crippen LogP contribution in [0.25, 0.3) is 0 Å². The number of piperidine rings is 1. The summed E-state index contributed by atoms with van der Waals surface area (Å²) >= 11 is 0. The van der Waals surface area contributed by atoms with Gasteiger partial charge in [0.1, 0.15) is 5.82 Å². The van der Waals surface area contributed by atoms with Crippen molar-refractivity contribution in [3.63, 3.8) is 0 Å². The SMILES string of the molecule is COCC1CCCN(S(=O)(=O)Cc2cccc(F)c2)C1. The van der Waals surface area contributed by atoms with E-state index in [9.17, 15) is 12.8 Å². The molecule has 1 saturated heterocycles. The number of benzene rings is 1. The van der Waals surface area contributed by atoms with Gasteiger partial charge in [-0.15, -0.1) is 0 Å². The molecule has 1 aliphatic rings. The first kappa shape index (κ1) is 15.4. The molecule has 0 N–H and O–H groups in total. The van der Waals surface area contributed by atoms with Crippen LogP contribution in [0.1, 0.15) is 18.4 Å². The van der Waals surface area contributed by atoms with Crippen molar-refractivity contribution in [2.24, 2.45) is 5.92 Å². The van der Waals surface area contributed by atoms with Crippen molar-refractivity contribution in [1.82, 2.24) is 4.31 Å². The smallest absolute Gasteiger partial charge is 0.218 e. The van der Waals surface area contributed by atoms with Gasteiger partial charge in [0.05, 0.1) is 12.4 Å². The Labute approximate surface area is 119 Å². The lowest BCUT2D eigenvalue weighted by molar-refractivity contribution is 0.118. The van der Waals surface area contributed by atoms with Gasteiger partial charge in [-0.2, -0.15) is 0 Å². The van der Waals surface area contributed by atoms with Gasteiger partial charge in [-0.25, -0.2) is 17.1 Å². The number of hydrogen-bond acceptors (Lipinski definition) is 3. The third-order valence-corrected chi connectivity index (χ3v) is 5.33. The summed E-state index contributed by atoms with van der Waals surface area (Å²) in [5.41, 5.74) is 0.485. The van der Waals surface area contributed by atoms with E-state index >= 15 is 0 Å². The minimum absolute atomic E-state index is 0.148. The average Bonchev–Trinajstić information content (AvgIpc) is 2.39. The van der Waals surface area contributed by atoms with Crippen LogP contribution in [-0.4, -0.2) is 39.5 Å². The molecule has 0 aromatic heterocycles. The number of rotatable bonds is 5. The molecule has 4 nitrogen and oxygen atoms in total. The van der Waals surface area contributed by atoms with Gasteiger partial charge in [-0.05, 0) is 36.5 Å². The highest BCUT2D eigenvalue weighted by atomic mass is 32.2. The average molecular weight is 301 g/mol. The Hall–Kier alpha value is -0.980. The molecule has 0 spiro atoms. The predicted molar refractivity (Wildman–Crippen MR) is 75.2 cm³/mol. The van der Waals surface area contributed by atoms with E-state index in [1.54, 1.807) is 13.2 Å². The van der Waals surface area contributed by atoms with E-state index in [4.69, 9.17) is 4.74 Å². The van der Waals surface area contributed by atoms with Gasteiger partial charge in [0, 0.05) is 20.2 Å². The summed E-state index contributed by atoms with van der Waals surface area (Å²) in [5.74, 6) is -0.311. The van der Waals surface area contributed by atoms with E-state index in [1.165, 1.54) is 22.5 Å². The lowest BCUT2D eigenvalue weighted by Crippen LogP contribution is -2.41. The fourth-order valence-electron chi connectivity index (χ4n) is 2.58.